The Morgan fingerprint density at radius 2 is 2.21 bits per heavy atom. The quantitative estimate of drug-likeness (QED) is 0.357. The van der Waals surface area contributed by atoms with Crippen molar-refractivity contribution in [2.24, 2.45) is 12.0 Å². The Kier molecular flexibility index (Phi) is 8.60. The lowest BCUT2D eigenvalue weighted by molar-refractivity contribution is -0.0506. The van der Waals surface area contributed by atoms with Gasteiger partial charge in [0.15, 0.2) is 5.96 Å². The van der Waals surface area contributed by atoms with Gasteiger partial charge >= 0.3 is 6.61 Å². The third-order valence-electron chi connectivity index (χ3n) is 4.70. The molecule has 3 rings (SSSR count). The second kappa shape index (κ2) is 10.7. The number of aryl methyl sites for hydroxylation is 1. The van der Waals surface area contributed by atoms with E-state index in [2.05, 4.69) is 25.0 Å². The summed E-state index contributed by atoms with van der Waals surface area (Å²) < 4.78 is 45.6. The molecule has 1 N–H and O–H groups in total. The predicted molar refractivity (Wildman–Crippen MR) is 115 cm³/mol. The maximum Gasteiger partial charge on any atom is 0.387 e. The van der Waals surface area contributed by atoms with Gasteiger partial charge in [-0.2, -0.15) is 13.9 Å². The average molecular weight is 523 g/mol. The molecule has 0 saturated carbocycles. The molecule has 1 saturated heterocycles. The Morgan fingerprint density at radius 1 is 1.41 bits per heavy atom. The molecule has 1 aliphatic rings. The standard InChI is InChI=1S/C19H24F3N5O.HI/c1-3-23-19(27-8-7-13(12-27)14-9-25-26(2)11-14)24-10-15-16(20)5-4-6-17(15)28-18(21)22;/h4-6,9,11,13,18H,3,7-8,10,12H2,1-2H3,(H,23,24);1H. The summed E-state index contributed by atoms with van der Waals surface area (Å²) in [5, 5.41) is 7.42. The molecule has 0 bridgehead atoms. The maximum absolute atomic E-state index is 14.2. The first-order valence-corrected chi connectivity index (χ1v) is 9.22. The number of alkyl halides is 2. The highest BCUT2D eigenvalue weighted by Crippen LogP contribution is 2.28. The summed E-state index contributed by atoms with van der Waals surface area (Å²) in [6, 6.07) is 3.87. The van der Waals surface area contributed by atoms with E-state index in [9.17, 15) is 13.2 Å². The van der Waals surface area contributed by atoms with Gasteiger partial charge in [0.1, 0.15) is 11.6 Å². The van der Waals surface area contributed by atoms with Crippen molar-refractivity contribution in [3.63, 3.8) is 0 Å². The number of halogens is 4. The van der Waals surface area contributed by atoms with Gasteiger partial charge < -0.3 is 15.0 Å². The molecular weight excluding hydrogens is 498 g/mol. The fourth-order valence-electron chi connectivity index (χ4n) is 3.35. The topological polar surface area (TPSA) is 54.7 Å². The number of aromatic nitrogens is 2. The van der Waals surface area contributed by atoms with Gasteiger partial charge in [-0.05, 0) is 31.0 Å². The van der Waals surface area contributed by atoms with Crippen molar-refractivity contribution in [3.8, 4) is 5.75 Å². The zero-order valence-electron chi connectivity index (χ0n) is 16.3. The second-order valence-electron chi connectivity index (χ2n) is 6.64. The highest BCUT2D eigenvalue weighted by atomic mass is 127. The van der Waals surface area contributed by atoms with E-state index in [0.29, 0.717) is 18.4 Å². The Bertz CT molecular complexity index is 830. The first kappa shape index (κ1) is 23.3. The van der Waals surface area contributed by atoms with Gasteiger partial charge in [-0.15, -0.1) is 24.0 Å². The van der Waals surface area contributed by atoms with Gasteiger partial charge in [0.05, 0.1) is 18.3 Å². The van der Waals surface area contributed by atoms with E-state index >= 15 is 0 Å². The van der Waals surface area contributed by atoms with Crippen LogP contribution in [0.4, 0.5) is 13.2 Å². The largest absolute Gasteiger partial charge is 0.434 e. The molecule has 29 heavy (non-hydrogen) atoms. The zero-order chi connectivity index (χ0) is 20.1. The summed E-state index contributed by atoms with van der Waals surface area (Å²) in [6.45, 7) is 1.03. The number of hydrogen-bond acceptors (Lipinski definition) is 3. The third-order valence-corrected chi connectivity index (χ3v) is 4.70. The lowest BCUT2D eigenvalue weighted by Gasteiger charge is -2.22. The smallest absolute Gasteiger partial charge is 0.387 e. The van der Waals surface area contributed by atoms with E-state index in [1.807, 2.05) is 26.4 Å². The summed E-state index contributed by atoms with van der Waals surface area (Å²) in [5.74, 6) is 0.153. The average Bonchev–Trinajstić information content (AvgIpc) is 3.28. The maximum atomic E-state index is 14.2. The number of guanidine groups is 1. The first-order chi connectivity index (χ1) is 13.5. The van der Waals surface area contributed by atoms with Gasteiger partial charge in [0, 0.05) is 38.8 Å². The molecule has 0 radical (unpaired) electrons. The molecule has 0 amide bonds. The number of hydrogen-bond donors (Lipinski definition) is 1. The molecular formula is C19H25F3IN5O. The molecule has 1 fully saturated rings. The SMILES string of the molecule is CCNC(=NCc1c(F)cccc1OC(F)F)N1CCC(c2cnn(C)c2)C1.I. The van der Waals surface area contributed by atoms with Gasteiger partial charge in [0.2, 0.25) is 0 Å². The summed E-state index contributed by atoms with van der Waals surface area (Å²) in [7, 11) is 1.88. The fourth-order valence-corrected chi connectivity index (χ4v) is 3.35. The van der Waals surface area contributed by atoms with Crippen LogP contribution in [0, 0.1) is 5.82 Å². The van der Waals surface area contributed by atoms with E-state index in [1.54, 1.807) is 4.68 Å². The molecule has 2 heterocycles. The highest BCUT2D eigenvalue weighted by Gasteiger charge is 2.27. The number of ether oxygens (including phenoxy) is 1. The molecule has 1 aromatic carbocycles. The van der Waals surface area contributed by atoms with Crippen LogP contribution in [0.5, 0.6) is 5.75 Å². The van der Waals surface area contributed by atoms with Crippen LogP contribution in [0.25, 0.3) is 0 Å². The molecule has 1 aliphatic heterocycles. The minimum absolute atomic E-state index is 0. The van der Waals surface area contributed by atoms with Crippen LogP contribution in [0.1, 0.15) is 30.4 Å². The number of rotatable bonds is 6. The van der Waals surface area contributed by atoms with Gasteiger partial charge in [-0.25, -0.2) is 9.38 Å². The summed E-state index contributed by atoms with van der Waals surface area (Å²) in [5.41, 5.74) is 1.18. The first-order valence-electron chi connectivity index (χ1n) is 9.22. The zero-order valence-corrected chi connectivity index (χ0v) is 18.6. The van der Waals surface area contributed by atoms with Gasteiger partial charge in [-0.1, -0.05) is 6.07 Å². The Hall–Kier alpha value is -1.98. The fraction of sp³-hybridized carbons (Fsp3) is 0.474. The van der Waals surface area contributed by atoms with Crippen molar-refractivity contribution in [2.45, 2.75) is 32.4 Å². The molecule has 160 valence electrons. The monoisotopic (exact) mass is 523 g/mol. The highest BCUT2D eigenvalue weighted by molar-refractivity contribution is 14.0. The summed E-state index contributed by atoms with van der Waals surface area (Å²) in [6.07, 6.45) is 4.83. The molecule has 1 atom stereocenters. The molecule has 0 aliphatic carbocycles. The van der Waals surface area contributed by atoms with E-state index in [4.69, 9.17) is 0 Å². The van der Waals surface area contributed by atoms with Crippen molar-refractivity contribution in [2.75, 3.05) is 19.6 Å². The molecule has 2 aromatic rings. The lowest BCUT2D eigenvalue weighted by Crippen LogP contribution is -2.40. The predicted octanol–water partition coefficient (Wildman–Crippen LogP) is 3.73. The Morgan fingerprint density at radius 3 is 2.86 bits per heavy atom. The van der Waals surface area contributed by atoms with E-state index in [0.717, 1.165) is 19.5 Å². The molecule has 6 nitrogen and oxygen atoms in total. The lowest BCUT2D eigenvalue weighted by atomic mass is 10.0. The minimum atomic E-state index is -3.02. The van der Waals surface area contributed by atoms with Crippen LogP contribution in [-0.2, 0) is 13.6 Å². The van der Waals surface area contributed by atoms with Crippen LogP contribution in [0.15, 0.2) is 35.6 Å². The Labute approximate surface area is 185 Å². The second-order valence-corrected chi connectivity index (χ2v) is 6.64. The number of aliphatic imine (C=N–C) groups is 1. The van der Waals surface area contributed by atoms with Crippen LogP contribution in [-0.4, -0.2) is 46.9 Å². The molecule has 0 spiro atoms. The van der Waals surface area contributed by atoms with Crippen molar-refractivity contribution < 1.29 is 17.9 Å². The number of nitrogens with one attached hydrogen (secondary N) is 1. The van der Waals surface area contributed by atoms with E-state index in [-0.39, 0.29) is 41.8 Å². The van der Waals surface area contributed by atoms with E-state index < -0.39 is 12.4 Å². The normalized spacial score (nSPS) is 16.8. The third kappa shape index (κ3) is 6.00. The van der Waals surface area contributed by atoms with Crippen LogP contribution in [0.3, 0.4) is 0 Å². The van der Waals surface area contributed by atoms with Crippen molar-refractivity contribution >= 4 is 29.9 Å². The van der Waals surface area contributed by atoms with Crippen molar-refractivity contribution in [3.05, 3.63) is 47.5 Å². The summed E-state index contributed by atoms with van der Waals surface area (Å²) >= 11 is 0. The molecule has 1 unspecified atom stereocenters. The van der Waals surface area contributed by atoms with Crippen molar-refractivity contribution in [1.29, 1.82) is 0 Å². The summed E-state index contributed by atoms with van der Waals surface area (Å²) in [4.78, 5) is 6.57. The number of benzene rings is 1. The van der Waals surface area contributed by atoms with Gasteiger partial charge in [-0.3, -0.25) is 4.68 Å². The van der Waals surface area contributed by atoms with Crippen LogP contribution in [0.2, 0.25) is 0 Å². The van der Waals surface area contributed by atoms with Gasteiger partial charge in [0.25, 0.3) is 0 Å². The van der Waals surface area contributed by atoms with Crippen molar-refractivity contribution in [1.82, 2.24) is 20.0 Å². The minimum Gasteiger partial charge on any atom is -0.434 e. The van der Waals surface area contributed by atoms with Crippen LogP contribution >= 0.6 is 24.0 Å². The molecule has 10 heteroatoms. The Balaban J connectivity index is 0.00000300. The number of likely N-dealkylation sites (tertiary alicyclic amines) is 1. The van der Waals surface area contributed by atoms with Crippen LogP contribution < -0.4 is 10.1 Å². The molecule has 1 aromatic heterocycles. The number of nitrogens with zero attached hydrogens (tertiary/aromatic N) is 4. The van der Waals surface area contributed by atoms with E-state index in [1.165, 1.54) is 23.8 Å².